The van der Waals surface area contributed by atoms with Crippen LogP contribution in [-0.2, 0) is 0 Å². The van der Waals surface area contributed by atoms with Gasteiger partial charge >= 0.3 is 0 Å². The number of hydrogen-bond donors (Lipinski definition) is 4. The van der Waals surface area contributed by atoms with Crippen LogP contribution < -0.4 is 10.6 Å². The Morgan fingerprint density at radius 3 is 2.63 bits per heavy atom. The van der Waals surface area contributed by atoms with Crippen molar-refractivity contribution in [2.75, 3.05) is 37.8 Å². The molecule has 6 aromatic rings. The average Bonchev–Trinajstić information content (AvgIpc) is 3.81. The molecule has 4 heterocycles. The molecule has 11 heteroatoms. The quantitative estimate of drug-likeness (QED) is 0.125. The van der Waals surface area contributed by atoms with E-state index >= 15 is 4.39 Å². The molecule has 7 rings (SSSR count). The first kappa shape index (κ1) is 29.5. The summed E-state index contributed by atoms with van der Waals surface area (Å²) in [6, 6.07) is 11.9. The Bertz CT molecular complexity index is 2060. The molecule has 0 amide bonds. The second kappa shape index (κ2) is 12.3. The normalized spacial score (nSPS) is 13.7. The van der Waals surface area contributed by atoms with E-state index in [0.29, 0.717) is 62.9 Å². The molecule has 1 aliphatic carbocycles. The smallest absolute Gasteiger partial charge is 0.157 e. The van der Waals surface area contributed by atoms with Crippen molar-refractivity contribution >= 4 is 33.3 Å². The number of aromatic amines is 2. The standard InChI is InChI=1S/C35H35F2N9/c1-20(21-6-4-5-7-21)41-27-14-24(18-38-19-27)22-15-28-32(29(37)16-22)44-45-33(28)35-42-30-8-9-40-31(34(30)43-35)23-12-25(36)17-26(13-23)39-10-11-46(2)3/h8-9,12-19,21,39,41H,1,4-7,10-11H2,2-3H3,(H,42,43)(H,44,45). The molecule has 0 spiro atoms. The van der Waals surface area contributed by atoms with Crippen molar-refractivity contribution in [2.45, 2.75) is 25.7 Å². The van der Waals surface area contributed by atoms with Crippen LogP contribution in [0.3, 0.4) is 0 Å². The number of H-pyrrole nitrogens is 2. The summed E-state index contributed by atoms with van der Waals surface area (Å²) >= 11 is 0. The second-order valence-electron chi connectivity index (χ2n) is 12.1. The first-order valence-corrected chi connectivity index (χ1v) is 15.5. The fraction of sp³-hybridized carbons (Fsp3) is 0.257. The maximum absolute atomic E-state index is 15.5. The molecule has 0 saturated heterocycles. The van der Waals surface area contributed by atoms with Gasteiger partial charge in [0.2, 0.25) is 0 Å². The summed E-state index contributed by atoms with van der Waals surface area (Å²) < 4.78 is 30.2. The molecule has 0 atom stereocenters. The highest BCUT2D eigenvalue weighted by Gasteiger charge is 2.20. The Balaban J connectivity index is 1.23. The topological polar surface area (TPSA) is 110 Å². The number of aromatic nitrogens is 6. The minimum absolute atomic E-state index is 0.202. The van der Waals surface area contributed by atoms with Crippen LogP contribution >= 0.6 is 0 Å². The summed E-state index contributed by atoms with van der Waals surface area (Å²) in [4.78, 5) is 19.2. The molecule has 9 nitrogen and oxygen atoms in total. The molecule has 0 radical (unpaired) electrons. The molecule has 46 heavy (non-hydrogen) atoms. The van der Waals surface area contributed by atoms with Gasteiger partial charge in [0, 0.05) is 53.4 Å². The Labute approximate surface area is 265 Å². The van der Waals surface area contributed by atoms with E-state index < -0.39 is 5.82 Å². The van der Waals surface area contributed by atoms with E-state index in [9.17, 15) is 4.39 Å². The first-order valence-electron chi connectivity index (χ1n) is 15.5. The van der Waals surface area contributed by atoms with Crippen LogP contribution in [0.15, 0.2) is 73.3 Å². The highest BCUT2D eigenvalue weighted by Crippen LogP contribution is 2.35. The number of imidazole rings is 1. The van der Waals surface area contributed by atoms with E-state index in [1.54, 1.807) is 24.7 Å². The number of benzene rings is 2. The molecular formula is C35H35F2N9. The molecule has 2 aromatic carbocycles. The number of halogens is 2. The number of fused-ring (bicyclic) bond motifs is 2. The van der Waals surface area contributed by atoms with Gasteiger partial charge in [-0.1, -0.05) is 19.4 Å². The largest absolute Gasteiger partial charge is 0.384 e. The predicted octanol–water partition coefficient (Wildman–Crippen LogP) is 7.60. The minimum Gasteiger partial charge on any atom is -0.384 e. The molecule has 1 aliphatic rings. The van der Waals surface area contributed by atoms with Crippen molar-refractivity contribution < 1.29 is 8.78 Å². The van der Waals surface area contributed by atoms with Gasteiger partial charge in [0.15, 0.2) is 11.6 Å². The van der Waals surface area contributed by atoms with Crippen molar-refractivity contribution in [3.05, 3.63) is 85.0 Å². The SMILES string of the molecule is C=C(Nc1cncc(-c2cc(F)c3n[nH]c(-c4nc5c(-c6cc(F)cc(NCCN(C)C)c6)nccc5[nH]4)c3c2)c1)C1CCCC1. The molecule has 1 saturated carbocycles. The maximum Gasteiger partial charge on any atom is 0.157 e. The molecule has 1 fully saturated rings. The summed E-state index contributed by atoms with van der Waals surface area (Å²) in [6.45, 7) is 5.72. The highest BCUT2D eigenvalue weighted by atomic mass is 19.1. The fourth-order valence-electron chi connectivity index (χ4n) is 6.17. The number of rotatable bonds is 10. The summed E-state index contributed by atoms with van der Waals surface area (Å²) in [7, 11) is 3.97. The van der Waals surface area contributed by atoms with Crippen molar-refractivity contribution in [1.29, 1.82) is 0 Å². The predicted molar refractivity (Wildman–Crippen MR) is 179 cm³/mol. The third-order valence-electron chi connectivity index (χ3n) is 8.53. The number of allylic oxidation sites excluding steroid dienone is 1. The highest BCUT2D eigenvalue weighted by molar-refractivity contribution is 5.98. The average molecular weight is 620 g/mol. The van der Waals surface area contributed by atoms with Gasteiger partial charge in [0.25, 0.3) is 0 Å². The number of likely N-dealkylation sites (N-methyl/N-ethyl adjacent to an activating group) is 1. The number of pyridine rings is 2. The second-order valence-corrected chi connectivity index (χ2v) is 12.1. The van der Waals surface area contributed by atoms with Crippen LogP contribution in [0.5, 0.6) is 0 Å². The van der Waals surface area contributed by atoms with Gasteiger partial charge in [-0.2, -0.15) is 5.10 Å². The molecule has 0 aliphatic heterocycles. The first-order chi connectivity index (χ1) is 22.3. The third kappa shape index (κ3) is 5.93. The maximum atomic E-state index is 15.5. The summed E-state index contributed by atoms with van der Waals surface area (Å²) in [5, 5.41) is 14.5. The number of hydrogen-bond acceptors (Lipinski definition) is 7. The van der Waals surface area contributed by atoms with E-state index in [-0.39, 0.29) is 11.3 Å². The summed E-state index contributed by atoms with van der Waals surface area (Å²) in [6.07, 6.45) is 9.85. The lowest BCUT2D eigenvalue weighted by atomic mass is 10.0. The van der Waals surface area contributed by atoms with E-state index in [0.717, 1.165) is 36.3 Å². The van der Waals surface area contributed by atoms with Crippen LogP contribution in [-0.4, -0.2) is 62.2 Å². The lowest BCUT2D eigenvalue weighted by molar-refractivity contribution is 0.425. The van der Waals surface area contributed by atoms with E-state index in [1.807, 2.05) is 32.3 Å². The van der Waals surface area contributed by atoms with Gasteiger partial charge in [-0.05, 0) is 80.9 Å². The molecule has 0 unspecified atom stereocenters. The summed E-state index contributed by atoms with van der Waals surface area (Å²) in [5.41, 5.74) is 6.99. The molecule has 4 aromatic heterocycles. The number of nitrogens with one attached hydrogen (secondary N) is 4. The van der Waals surface area contributed by atoms with Crippen LogP contribution in [0.1, 0.15) is 25.7 Å². The fourth-order valence-corrected chi connectivity index (χ4v) is 6.17. The minimum atomic E-state index is -0.462. The van der Waals surface area contributed by atoms with E-state index in [4.69, 9.17) is 4.98 Å². The van der Waals surface area contributed by atoms with Crippen molar-refractivity contribution in [3.63, 3.8) is 0 Å². The van der Waals surface area contributed by atoms with Gasteiger partial charge in [0.1, 0.15) is 22.5 Å². The van der Waals surface area contributed by atoms with E-state index in [2.05, 4.69) is 47.3 Å². The monoisotopic (exact) mass is 619 g/mol. The van der Waals surface area contributed by atoms with Crippen molar-refractivity contribution in [1.82, 2.24) is 35.0 Å². The van der Waals surface area contributed by atoms with Crippen molar-refractivity contribution in [3.8, 4) is 33.9 Å². The van der Waals surface area contributed by atoms with Gasteiger partial charge in [-0.3, -0.25) is 15.1 Å². The zero-order valence-corrected chi connectivity index (χ0v) is 25.8. The molecule has 4 N–H and O–H groups in total. The summed E-state index contributed by atoms with van der Waals surface area (Å²) in [5.74, 6) is 0.0819. The third-order valence-corrected chi connectivity index (χ3v) is 8.53. The van der Waals surface area contributed by atoms with Gasteiger partial charge < -0.3 is 20.5 Å². The van der Waals surface area contributed by atoms with Crippen LogP contribution in [0.25, 0.3) is 55.8 Å². The lowest BCUT2D eigenvalue weighted by Gasteiger charge is -2.16. The van der Waals surface area contributed by atoms with Gasteiger partial charge in [-0.15, -0.1) is 0 Å². The Morgan fingerprint density at radius 2 is 1.80 bits per heavy atom. The molecular weight excluding hydrogens is 584 g/mol. The molecule has 0 bridgehead atoms. The number of anilines is 2. The van der Waals surface area contributed by atoms with Crippen LogP contribution in [0.4, 0.5) is 20.2 Å². The Kier molecular flexibility index (Phi) is 7.91. The Morgan fingerprint density at radius 1 is 0.978 bits per heavy atom. The molecule has 234 valence electrons. The van der Waals surface area contributed by atoms with Crippen LogP contribution in [0.2, 0.25) is 0 Å². The zero-order chi connectivity index (χ0) is 31.8. The number of nitrogens with zero attached hydrogens (tertiary/aromatic N) is 5. The lowest BCUT2D eigenvalue weighted by Crippen LogP contribution is -2.20. The van der Waals surface area contributed by atoms with Gasteiger partial charge in [-0.25, -0.2) is 13.8 Å². The van der Waals surface area contributed by atoms with E-state index in [1.165, 1.54) is 31.0 Å². The van der Waals surface area contributed by atoms with Crippen molar-refractivity contribution in [2.24, 2.45) is 5.92 Å². The van der Waals surface area contributed by atoms with Gasteiger partial charge in [0.05, 0.1) is 23.1 Å². The Hall–Kier alpha value is -5.16. The van der Waals surface area contributed by atoms with Crippen LogP contribution in [0, 0.1) is 17.6 Å². The zero-order valence-electron chi connectivity index (χ0n) is 25.8.